The van der Waals surface area contributed by atoms with E-state index in [1.165, 1.54) is 12.8 Å². The molecule has 0 saturated heterocycles. The van der Waals surface area contributed by atoms with E-state index in [0.29, 0.717) is 16.9 Å². The first-order valence-electron chi connectivity index (χ1n) is 6.63. The molecule has 100 valence electrons. The lowest BCUT2D eigenvalue weighted by Crippen LogP contribution is -2.51. The van der Waals surface area contributed by atoms with Crippen LogP contribution in [0.15, 0.2) is 18.2 Å². The summed E-state index contributed by atoms with van der Waals surface area (Å²) in [7, 11) is 0. The molecule has 2 rings (SSSR count). The van der Waals surface area contributed by atoms with Crippen LogP contribution in [0.4, 0.5) is 0 Å². The first-order chi connectivity index (χ1) is 8.40. The van der Waals surface area contributed by atoms with E-state index in [-0.39, 0.29) is 5.54 Å². The van der Waals surface area contributed by atoms with Crippen LogP contribution >= 0.6 is 23.2 Å². The van der Waals surface area contributed by atoms with E-state index in [0.717, 1.165) is 23.4 Å². The van der Waals surface area contributed by atoms with Crippen molar-refractivity contribution >= 4 is 23.2 Å². The van der Waals surface area contributed by atoms with Gasteiger partial charge in [0.1, 0.15) is 0 Å². The number of halogens is 2. The summed E-state index contributed by atoms with van der Waals surface area (Å²) < 4.78 is 0. The Hall–Kier alpha value is -0.240. The Morgan fingerprint density at radius 2 is 2.00 bits per heavy atom. The minimum Gasteiger partial charge on any atom is -0.325 e. The highest BCUT2D eigenvalue weighted by Crippen LogP contribution is 2.38. The van der Waals surface area contributed by atoms with Crippen LogP contribution in [0.25, 0.3) is 0 Å². The highest BCUT2D eigenvalue weighted by Gasteiger charge is 2.37. The Bertz CT molecular complexity index is 433. The smallest absolute Gasteiger partial charge is 0.0453 e. The van der Waals surface area contributed by atoms with Gasteiger partial charge in [-0.15, -0.1) is 0 Å². The van der Waals surface area contributed by atoms with Crippen molar-refractivity contribution in [2.24, 2.45) is 17.6 Å². The number of benzene rings is 1. The SMILES string of the molecule is CC1CCC(C)C(N)(Cc2ccc(Cl)cc2Cl)C1. The van der Waals surface area contributed by atoms with Gasteiger partial charge in [-0.1, -0.05) is 49.5 Å². The van der Waals surface area contributed by atoms with Gasteiger partial charge in [-0.3, -0.25) is 0 Å². The van der Waals surface area contributed by atoms with Crippen molar-refractivity contribution in [2.45, 2.75) is 45.1 Å². The molecule has 1 aromatic rings. The summed E-state index contributed by atoms with van der Waals surface area (Å²) in [6, 6.07) is 5.70. The third-order valence-electron chi connectivity index (χ3n) is 4.34. The molecule has 3 atom stereocenters. The second-order valence-electron chi connectivity index (χ2n) is 5.93. The van der Waals surface area contributed by atoms with Crippen LogP contribution in [0.1, 0.15) is 38.7 Å². The molecular weight excluding hydrogens is 265 g/mol. The highest BCUT2D eigenvalue weighted by atomic mass is 35.5. The van der Waals surface area contributed by atoms with Gasteiger partial charge in [-0.05, 0) is 48.8 Å². The quantitative estimate of drug-likeness (QED) is 0.838. The molecule has 0 aromatic heterocycles. The van der Waals surface area contributed by atoms with Gasteiger partial charge in [0.05, 0.1) is 0 Å². The molecule has 1 aromatic carbocycles. The van der Waals surface area contributed by atoms with Crippen LogP contribution < -0.4 is 5.73 Å². The van der Waals surface area contributed by atoms with Crippen molar-refractivity contribution in [1.29, 1.82) is 0 Å². The minimum atomic E-state index is -0.130. The van der Waals surface area contributed by atoms with Gasteiger partial charge >= 0.3 is 0 Å². The Morgan fingerprint density at radius 1 is 1.28 bits per heavy atom. The van der Waals surface area contributed by atoms with Crippen molar-refractivity contribution in [3.05, 3.63) is 33.8 Å². The second kappa shape index (κ2) is 5.40. The highest BCUT2D eigenvalue weighted by molar-refractivity contribution is 6.35. The molecule has 1 aliphatic carbocycles. The molecular formula is C15H21Cl2N. The molecule has 1 nitrogen and oxygen atoms in total. The summed E-state index contributed by atoms with van der Waals surface area (Å²) in [6.45, 7) is 4.55. The third kappa shape index (κ3) is 3.01. The molecule has 0 spiro atoms. The van der Waals surface area contributed by atoms with Crippen LogP contribution in [0.5, 0.6) is 0 Å². The molecule has 1 saturated carbocycles. The summed E-state index contributed by atoms with van der Waals surface area (Å²) in [5.41, 5.74) is 7.63. The number of hydrogen-bond acceptors (Lipinski definition) is 1. The molecule has 2 N–H and O–H groups in total. The standard InChI is InChI=1S/C15H21Cl2N/c1-10-3-4-11(2)15(18,8-10)9-12-5-6-13(16)7-14(12)17/h5-7,10-11H,3-4,8-9,18H2,1-2H3. The predicted octanol–water partition coefficient (Wildman–Crippen LogP) is 4.69. The van der Waals surface area contributed by atoms with E-state index in [9.17, 15) is 0 Å². The van der Waals surface area contributed by atoms with Crippen LogP contribution in [-0.4, -0.2) is 5.54 Å². The normalized spacial score (nSPS) is 32.5. The maximum atomic E-state index is 6.64. The molecule has 0 amide bonds. The lowest BCUT2D eigenvalue weighted by Gasteiger charge is -2.42. The largest absolute Gasteiger partial charge is 0.325 e. The van der Waals surface area contributed by atoms with Crippen molar-refractivity contribution in [1.82, 2.24) is 0 Å². The maximum Gasteiger partial charge on any atom is 0.0453 e. The predicted molar refractivity (Wildman–Crippen MR) is 79.3 cm³/mol. The third-order valence-corrected chi connectivity index (χ3v) is 4.92. The maximum absolute atomic E-state index is 6.64. The summed E-state index contributed by atoms with van der Waals surface area (Å²) in [5.74, 6) is 1.25. The van der Waals surface area contributed by atoms with E-state index < -0.39 is 0 Å². The topological polar surface area (TPSA) is 26.0 Å². The number of rotatable bonds is 2. The summed E-state index contributed by atoms with van der Waals surface area (Å²) in [5, 5.41) is 1.41. The van der Waals surface area contributed by atoms with E-state index >= 15 is 0 Å². The number of hydrogen-bond donors (Lipinski definition) is 1. The molecule has 0 heterocycles. The van der Waals surface area contributed by atoms with Crippen molar-refractivity contribution in [3.63, 3.8) is 0 Å². The summed E-state index contributed by atoms with van der Waals surface area (Å²) >= 11 is 12.2. The molecule has 3 unspecified atom stereocenters. The van der Waals surface area contributed by atoms with E-state index in [2.05, 4.69) is 13.8 Å². The molecule has 0 bridgehead atoms. The van der Waals surface area contributed by atoms with Crippen molar-refractivity contribution in [3.8, 4) is 0 Å². The Kier molecular flexibility index (Phi) is 4.25. The lowest BCUT2D eigenvalue weighted by molar-refractivity contribution is 0.161. The van der Waals surface area contributed by atoms with Gasteiger partial charge in [0.2, 0.25) is 0 Å². The molecule has 1 aliphatic rings. The van der Waals surface area contributed by atoms with Crippen molar-refractivity contribution < 1.29 is 0 Å². The molecule has 0 radical (unpaired) electrons. The second-order valence-corrected chi connectivity index (χ2v) is 6.78. The van der Waals surface area contributed by atoms with E-state index in [1.54, 1.807) is 6.07 Å². The van der Waals surface area contributed by atoms with Crippen LogP contribution in [0.3, 0.4) is 0 Å². The summed E-state index contributed by atoms with van der Waals surface area (Å²) in [4.78, 5) is 0. The Morgan fingerprint density at radius 3 is 2.67 bits per heavy atom. The molecule has 18 heavy (non-hydrogen) atoms. The Balaban J connectivity index is 2.20. The average Bonchev–Trinajstić information content (AvgIpc) is 2.28. The van der Waals surface area contributed by atoms with Crippen LogP contribution in [-0.2, 0) is 6.42 Å². The monoisotopic (exact) mass is 285 g/mol. The van der Waals surface area contributed by atoms with Gasteiger partial charge in [-0.25, -0.2) is 0 Å². The zero-order valence-electron chi connectivity index (χ0n) is 11.0. The average molecular weight is 286 g/mol. The van der Waals surface area contributed by atoms with Gasteiger partial charge < -0.3 is 5.73 Å². The van der Waals surface area contributed by atoms with Crippen LogP contribution in [0, 0.1) is 11.8 Å². The van der Waals surface area contributed by atoms with E-state index in [4.69, 9.17) is 28.9 Å². The van der Waals surface area contributed by atoms with Gasteiger partial charge in [0.25, 0.3) is 0 Å². The fraction of sp³-hybridized carbons (Fsp3) is 0.600. The fourth-order valence-electron chi connectivity index (χ4n) is 3.04. The zero-order chi connectivity index (χ0) is 13.3. The zero-order valence-corrected chi connectivity index (χ0v) is 12.6. The molecule has 0 aliphatic heterocycles. The first-order valence-corrected chi connectivity index (χ1v) is 7.39. The van der Waals surface area contributed by atoms with E-state index in [1.807, 2.05) is 12.1 Å². The minimum absolute atomic E-state index is 0.130. The van der Waals surface area contributed by atoms with Crippen LogP contribution in [0.2, 0.25) is 10.0 Å². The van der Waals surface area contributed by atoms with Gasteiger partial charge in [0, 0.05) is 15.6 Å². The molecule has 1 fully saturated rings. The first kappa shape index (κ1) is 14.2. The fourth-order valence-corrected chi connectivity index (χ4v) is 3.52. The van der Waals surface area contributed by atoms with Gasteiger partial charge in [-0.2, -0.15) is 0 Å². The molecule has 3 heteroatoms. The number of nitrogens with two attached hydrogens (primary N) is 1. The Labute approximate surface area is 120 Å². The summed E-state index contributed by atoms with van der Waals surface area (Å²) in [6.07, 6.45) is 4.42. The van der Waals surface area contributed by atoms with Crippen molar-refractivity contribution in [2.75, 3.05) is 0 Å². The van der Waals surface area contributed by atoms with Gasteiger partial charge in [0.15, 0.2) is 0 Å². The lowest BCUT2D eigenvalue weighted by atomic mass is 9.68.